The summed E-state index contributed by atoms with van der Waals surface area (Å²) in [5, 5.41) is 8.44. The van der Waals surface area contributed by atoms with E-state index in [1.54, 1.807) is 13.8 Å². The smallest absolute Gasteiger partial charge is 0.335 e. The molecule has 0 bridgehead atoms. The van der Waals surface area contributed by atoms with Crippen molar-refractivity contribution in [3.8, 4) is 0 Å². The zero-order valence-electron chi connectivity index (χ0n) is 5.96. The molecule has 1 heterocycles. The average Bonchev–Trinajstić information content (AvgIpc) is 2.10. The van der Waals surface area contributed by atoms with E-state index < -0.39 is 17.9 Å². The van der Waals surface area contributed by atoms with Gasteiger partial charge in [0.1, 0.15) is 0 Å². The van der Waals surface area contributed by atoms with Crippen molar-refractivity contribution in [1.29, 1.82) is 0 Å². The lowest BCUT2D eigenvalue weighted by molar-refractivity contribution is -0.164. The van der Waals surface area contributed by atoms with E-state index in [9.17, 15) is 4.79 Å². The molecule has 1 saturated heterocycles. The molecule has 1 aliphatic heterocycles. The maximum atomic E-state index is 10.3. The summed E-state index contributed by atoms with van der Waals surface area (Å²) in [5.74, 6) is -1.70. The third-order valence-corrected chi connectivity index (χ3v) is 1.28. The van der Waals surface area contributed by atoms with E-state index in [0.717, 1.165) is 0 Å². The van der Waals surface area contributed by atoms with Gasteiger partial charge in [-0.3, -0.25) is 0 Å². The molecular formula is C6H10O4. The van der Waals surface area contributed by atoms with Gasteiger partial charge in [-0.1, -0.05) is 0 Å². The van der Waals surface area contributed by atoms with Crippen molar-refractivity contribution in [1.82, 2.24) is 0 Å². The number of hydrogen-bond acceptors (Lipinski definition) is 3. The van der Waals surface area contributed by atoms with Crippen LogP contribution in [0, 0.1) is 0 Å². The predicted octanol–water partition coefficient (Wildman–Crippen LogP) is 0.222. The van der Waals surface area contributed by atoms with Crippen molar-refractivity contribution < 1.29 is 19.4 Å². The monoisotopic (exact) mass is 146 g/mol. The van der Waals surface area contributed by atoms with Crippen LogP contribution >= 0.6 is 0 Å². The molecule has 0 saturated carbocycles. The van der Waals surface area contributed by atoms with E-state index in [2.05, 4.69) is 0 Å². The zero-order chi connectivity index (χ0) is 7.78. The molecule has 0 aromatic heterocycles. The summed E-state index contributed by atoms with van der Waals surface area (Å²) in [6, 6.07) is 0. The number of hydrogen-bond donors (Lipinski definition) is 1. The van der Waals surface area contributed by atoms with Gasteiger partial charge in [0.15, 0.2) is 11.9 Å². The highest BCUT2D eigenvalue weighted by Crippen LogP contribution is 2.21. The Labute approximate surface area is 58.7 Å². The van der Waals surface area contributed by atoms with Crippen molar-refractivity contribution in [2.45, 2.75) is 25.7 Å². The second-order valence-electron chi connectivity index (χ2n) is 2.66. The SMILES string of the molecule is CC1(C)OC[C@H](C(=O)O)O1. The van der Waals surface area contributed by atoms with Crippen LogP contribution in [-0.2, 0) is 14.3 Å². The van der Waals surface area contributed by atoms with Gasteiger partial charge in [-0.15, -0.1) is 0 Å². The molecule has 4 heteroatoms. The molecule has 58 valence electrons. The van der Waals surface area contributed by atoms with Gasteiger partial charge in [-0.25, -0.2) is 4.79 Å². The highest BCUT2D eigenvalue weighted by molar-refractivity contribution is 5.72. The lowest BCUT2D eigenvalue weighted by Gasteiger charge is -2.15. The molecule has 1 rings (SSSR count). The summed E-state index contributed by atoms with van der Waals surface area (Å²) in [4.78, 5) is 10.3. The van der Waals surface area contributed by atoms with Gasteiger partial charge < -0.3 is 14.6 Å². The second kappa shape index (κ2) is 2.21. The summed E-state index contributed by atoms with van der Waals surface area (Å²) in [5.41, 5.74) is 0. The van der Waals surface area contributed by atoms with Crippen LogP contribution in [0.3, 0.4) is 0 Å². The first-order chi connectivity index (χ1) is 4.51. The van der Waals surface area contributed by atoms with E-state index in [0.29, 0.717) is 0 Å². The quantitative estimate of drug-likeness (QED) is 0.575. The number of aliphatic carboxylic acids is 1. The molecule has 10 heavy (non-hydrogen) atoms. The third-order valence-electron chi connectivity index (χ3n) is 1.28. The molecule has 1 N–H and O–H groups in total. The minimum absolute atomic E-state index is 0.141. The fourth-order valence-electron chi connectivity index (χ4n) is 0.809. The van der Waals surface area contributed by atoms with E-state index in [1.165, 1.54) is 0 Å². The first-order valence-electron chi connectivity index (χ1n) is 3.06. The number of rotatable bonds is 1. The topological polar surface area (TPSA) is 55.8 Å². The molecular weight excluding hydrogens is 136 g/mol. The minimum Gasteiger partial charge on any atom is -0.479 e. The summed E-state index contributed by atoms with van der Waals surface area (Å²) in [6.45, 7) is 3.52. The first-order valence-corrected chi connectivity index (χ1v) is 3.06. The van der Waals surface area contributed by atoms with Gasteiger partial charge >= 0.3 is 5.97 Å². The number of carboxylic acid groups (broad SMARTS) is 1. The molecule has 1 aliphatic rings. The van der Waals surface area contributed by atoms with Crippen LogP contribution in [0.2, 0.25) is 0 Å². The van der Waals surface area contributed by atoms with Crippen molar-refractivity contribution in [2.24, 2.45) is 0 Å². The molecule has 0 aliphatic carbocycles. The Morgan fingerprint density at radius 3 is 2.50 bits per heavy atom. The van der Waals surface area contributed by atoms with Crippen LogP contribution in [0.1, 0.15) is 13.8 Å². The van der Waals surface area contributed by atoms with E-state index in [1.807, 2.05) is 0 Å². The van der Waals surface area contributed by atoms with E-state index in [4.69, 9.17) is 14.6 Å². The molecule has 1 fully saturated rings. The minimum atomic E-state index is -0.967. The number of carboxylic acids is 1. The molecule has 0 unspecified atom stereocenters. The van der Waals surface area contributed by atoms with Crippen LogP contribution in [0.15, 0.2) is 0 Å². The van der Waals surface area contributed by atoms with Gasteiger partial charge in [0.05, 0.1) is 6.61 Å². The van der Waals surface area contributed by atoms with Crippen LogP contribution in [0.4, 0.5) is 0 Å². The summed E-state index contributed by atoms with van der Waals surface area (Å²) in [7, 11) is 0. The molecule has 0 radical (unpaired) electrons. The maximum absolute atomic E-state index is 10.3. The predicted molar refractivity (Wildman–Crippen MR) is 32.5 cm³/mol. The van der Waals surface area contributed by atoms with Crippen LogP contribution in [-0.4, -0.2) is 29.6 Å². The zero-order valence-corrected chi connectivity index (χ0v) is 5.96. The lowest BCUT2D eigenvalue weighted by atomic mass is 10.4. The summed E-state index contributed by atoms with van der Waals surface area (Å²) in [6.07, 6.45) is -0.796. The summed E-state index contributed by atoms with van der Waals surface area (Å²) >= 11 is 0. The standard InChI is InChI=1S/C6H10O4/c1-6(2)9-3-4(10-6)5(7)8/h4H,3H2,1-2H3,(H,7,8)/t4-/m1/s1. The van der Waals surface area contributed by atoms with Crippen molar-refractivity contribution in [3.63, 3.8) is 0 Å². The Balaban J connectivity index is 2.51. The third kappa shape index (κ3) is 1.46. The fourth-order valence-corrected chi connectivity index (χ4v) is 0.809. The highest BCUT2D eigenvalue weighted by atomic mass is 16.7. The highest BCUT2D eigenvalue weighted by Gasteiger charge is 2.36. The summed E-state index contributed by atoms with van der Waals surface area (Å²) < 4.78 is 10.00. The van der Waals surface area contributed by atoms with E-state index in [-0.39, 0.29) is 6.61 Å². The Hall–Kier alpha value is -0.610. The van der Waals surface area contributed by atoms with Crippen LogP contribution in [0.25, 0.3) is 0 Å². The molecule has 0 aromatic carbocycles. The molecule has 0 aromatic rings. The van der Waals surface area contributed by atoms with Crippen LogP contribution in [0.5, 0.6) is 0 Å². The fraction of sp³-hybridized carbons (Fsp3) is 0.833. The molecule has 0 amide bonds. The molecule has 1 atom stereocenters. The van der Waals surface area contributed by atoms with Gasteiger partial charge in [0.25, 0.3) is 0 Å². The lowest BCUT2D eigenvalue weighted by Crippen LogP contribution is -2.26. The Morgan fingerprint density at radius 2 is 2.30 bits per heavy atom. The van der Waals surface area contributed by atoms with Crippen molar-refractivity contribution in [3.05, 3.63) is 0 Å². The Bertz CT molecular complexity index is 152. The normalized spacial score (nSPS) is 30.4. The molecule has 4 nitrogen and oxygen atoms in total. The average molecular weight is 146 g/mol. The van der Waals surface area contributed by atoms with Crippen molar-refractivity contribution >= 4 is 5.97 Å². The van der Waals surface area contributed by atoms with E-state index >= 15 is 0 Å². The van der Waals surface area contributed by atoms with Gasteiger partial charge in [0, 0.05) is 0 Å². The number of carbonyl (C=O) groups is 1. The Kier molecular flexibility index (Phi) is 1.66. The number of ether oxygens (including phenoxy) is 2. The van der Waals surface area contributed by atoms with Gasteiger partial charge in [0.2, 0.25) is 0 Å². The second-order valence-corrected chi connectivity index (χ2v) is 2.66. The maximum Gasteiger partial charge on any atom is 0.335 e. The van der Waals surface area contributed by atoms with Crippen LogP contribution < -0.4 is 0 Å². The van der Waals surface area contributed by atoms with Crippen molar-refractivity contribution in [2.75, 3.05) is 6.61 Å². The largest absolute Gasteiger partial charge is 0.479 e. The van der Waals surface area contributed by atoms with Gasteiger partial charge in [-0.2, -0.15) is 0 Å². The Morgan fingerprint density at radius 1 is 1.70 bits per heavy atom. The first kappa shape index (κ1) is 7.50. The van der Waals surface area contributed by atoms with Gasteiger partial charge in [-0.05, 0) is 13.8 Å². The molecule has 0 spiro atoms.